The van der Waals surface area contributed by atoms with Gasteiger partial charge in [-0.05, 0) is 36.8 Å². The Labute approximate surface area is 111 Å². The summed E-state index contributed by atoms with van der Waals surface area (Å²) in [7, 11) is 0. The maximum atomic E-state index is 5.57. The second-order valence-corrected chi connectivity index (χ2v) is 5.32. The fraction of sp³-hybridized carbons (Fsp3) is 0.667. The molecule has 0 fully saturated rings. The van der Waals surface area contributed by atoms with Gasteiger partial charge in [-0.3, -0.25) is 0 Å². The highest BCUT2D eigenvalue weighted by atomic mass is 16.5. The van der Waals surface area contributed by atoms with E-state index in [0.29, 0.717) is 24.4 Å². The van der Waals surface area contributed by atoms with Crippen LogP contribution >= 0.6 is 0 Å². The number of nitrogens with one attached hydrogen (secondary N) is 1. The molecule has 0 aliphatic rings. The fourth-order valence-corrected chi connectivity index (χ4v) is 2.25. The van der Waals surface area contributed by atoms with Crippen molar-refractivity contribution in [3.8, 4) is 5.75 Å². The molecule has 0 bridgehead atoms. The van der Waals surface area contributed by atoms with Gasteiger partial charge in [-0.2, -0.15) is 0 Å². The summed E-state index contributed by atoms with van der Waals surface area (Å²) in [6.45, 7) is 12.7. The van der Waals surface area contributed by atoms with Crippen molar-refractivity contribution in [2.45, 2.75) is 34.6 Å². The highest BCUT2D eigenvalue weighted by Crippen LogP contribution is 2.24. The number of hydrogen-bond donors (Lipinski definition) is 1. The predicted molar refractivity (Wildman–Crippen MR) is 77.1 cm³/mol. The molecule has 0 amide bonds. The summed E-state index contributed by atoms with van der Waals surface area (Å²) in [5.41, 5.74) is 0. The second kappa shape index (κ2) is 7.24. The van der Waals surface area contributed by atoms with Crippen LogP contribution < -0.4 is 10.1 Å². The van der Waals surface area contributed by atoms with Gasteiger partial charge in [-0.25, -0.2) is 4.98 Å². The van der Waals surface area contributed by atoms with Crippen LogP contribution in [0.5, 0.6) is 5.75 Å². The van der Waals surface area contributed by atoms with Crippen LogP contribution in [0.3, 0.4) is 0 Å². The Bertz CT molecular complexity index is 342. The molecule has 1 N–H and O–H groups in total. The fourth-order valence-electron chi connectivity index (χ4n) is 2.25. The lowest BCUT2D eigenvalue weighted by Crippen LogP contribution is -2.25. The Morgan fingerprint density at radius 3 is 2.44 bits per heavy atom. The maximum absolute atomic E-state index is 5.57. The van der Waals surface area contributed by atoms with Crippen LogP contribution in [-0.2, 0) is 0 Å². The Morgan fingerprint density at radius 1 is 1.22 bits per heavy atom. The molecule has 0 atom stereocenters. The van der Waals surface area contributed by atoms with E-state index < -0.39 is 0 Å². The van der Waals surface area contributed by atoms with Crippen LogP contribution in [-0.4, -0.2) is 18.1 Å². The van der Waals surface area contributed by atoms with E-state index in [9.17, 15) is 0 Å². The lowest BCUT2D eigenvalue weighted by Gasteiger charge is -2.25. The van der Waals surface area contributed by atoms with E-state index in [2.05, 4.69) is 38.0 Å². The van der Waals surface area contributed by atoms with Crippen LogP contribution in [0.15, 0.2) is 18.3 Å². The molecule has 0 aromatic carbocycles. The highest BCUT2D eigenvalue weighted by molar-refractivity contribution is 5.49. The van der Waals surface area contributed by atoms with E-state index in [1.807, 2.05) is 19.1 Å². The van der Waals surface area contributed by atoms with E-state index >= 15 is 0 Å². The molecule has 0 aliphatic carbocycles. The molecule has 1 aromatic rings. The van der Waals surface area contributed by atoms with Crippen molar-refractivity contribution in [1.29, 1.82) is 0 Å². The third-order valence-electron chi connectivity index (χ3n) is 3.29. The molecule has 0 aliphatic heterocycles. The summed E-state index contributed by atoms with van der Waals surface area (Å²) in [6.07, 6.45) is 1.80. The van der Waals surface area contributed by atoms with Crippen molar-refractivity contribution in [3.05, 3.63) is 18.3 Å². The minimum Gasteiger partial charge on any atom is -0.490 e. The Hall–Kier alpha value is -1.25. The highest BCUT2D eigenvalue weighted by Gasteiger charge is 2.17. The molecule has 18 heavy (non-hydrogen) atoms. The quantitative estimate of drug-likeness (QED) is 0.798. The number of anilines is 1. The van der Waals surface area contributed by atoms with Crippen LogP contribution in [0.4, 0.5) is 5.82 Å². The van der Waals surface area contributed by atoms with Gasteiger partial charge in [0.15, 0.2) is 11.6 Å². The Balaban J connectivity index is 2.67. The topological polar surface area (TPSA) is 34.1 Å². The van der Waals surface area contributed by atoms with Crippen LogP contribution in [0.2, 0.25) is 0 Å². The minimum atomic E-state index is 0.640. The third-order valence-corrected chi connectivity index (χ3v) is 3.29. The first-order valence-electron chi connectivity index (χ1n) is 6.87. The van der Waals surface area contributed by atoms with Crippen molar-refractivity contribution in [3.63, 3.8) is 0 Å². The van der Waals surface area contributed by atoms with Gasteiger partial charge in [0, 0.05) is 12.7 Å². The molecular formula is C15H26N2O. The Morgan fingerprint density at radius 2 is 1.89 bits per heavy atom. The average Bonchev–Trinajstić information content (AvgIpc) is 2.31. The molecule has 0 unspecified atom stereocenters. The van der Waals surface area contributed by atoms with Crippen molar-refractivity contribution in [2.24, 2.45) is 17.8 Å². The zero-order valence-electron chi connectivity index (χ0n) is 12.2. The lowest BCUT2D eigenvalue weighted by atomic mass is 9.85. The molecule has 102 valence electrons. The van der Waals surface area contributed by atoms with Gasteiger partial charge >= 0.3 is 0 Å². The molecule has 0 spiro atoms. The number of rotatable bonds is 7. The number of pyridine rings is 1. The van der Waals surface area contributed by atoms with E-state index in [-0.39, 0.29) is 0 Å². The largest absolute Gasteiger partial charge is 0.490 e. The molecule has 0 saturated carbocycles. The number of nitrogens with zero attached hydrogens (tertiary/aromatic N) is 1. The third kappa shape index (κ3) is 4.21. The van der Waals surface area contributed by atoms with Crippen molar-refractivity contribution < 1.29 is 4.74 Å². The molecular weight excluding hydrogens is 224 g/mol. The van der Waals surface area contributed by atoms with Gasteiger partial charge in [-0.1, -0.05) is 27.7 Å². The first-order chi connectivity index (χ1) is 8.56. The van der Waals surface area contributed by atoms with Crippen LogP contribution in [0.25, 0.3) is 0 Å². The first-order valence-corrected chi connectivity index (χ1v) is 6.87. The molecule has 1 aromatic heterocycles. The molecule has 3 heteroatoms. The van der Waals surface area contributed by atoms with Crippen molar-refractivity contribution >= 4 is 5.82 Å². The van der Waals surface area contributed by atoms with Crippen molar-refractivity contribution in [1.82, 2.24) is 4.98 Å². The molecule has 1 rings (SSSR count). The van der Waals surface area contributed by atoms with Gasteiger partial charge in [0.1, 0.15) is 0 Å². The Kier molecular flexibility index (Phi) is 5.96. The smallest absolute Gasteiger partial charge is 0.168 e. The summed E-state index contributed by atoms with van der Waals surface area (Å²) in [5, 5.41) is 3.42. The molecule has 1 heterocycles. The summed E-state index contributed by atoms with van der Waals surface area (Å²) >= 11 is 0. The van der Waals surface area contributed by atoms with Gasteiger partial charge in [0.2, 0.25) is 0 Å². The normalized spacial score (nSPS) is 11.3. The standard InChI is InChI=1S/C15H26N2O/c1-6-18-14-8-7-9-16-15(14)17-10-13(11(2)3)12(4)5/h7-9,11-13H,6,10H2,1-5H3,(H,16,17). The van der Waals surface area contributed by atoms with Gasteiger partial charge in [0.05, 0.1) is 6.61 Å². The van der Waals surface area contributed by atoms with Gasteiger partial charge < -0.3 is 10.1 Å². The zero-order chi connectivity index (χ0) is 13.5. The SMILES string of the molecule is CCOc1cccnc1NCC(C(C)C)C(C)C. The van der Waals surface area contributed by atoms with E-state index in [1.165, 1.54) is 0 Å². The second-order valence-electron chi connectivity index (χ2n) is 5.32. The number of ether oxygens (including phenoxy) is 1. The first kappa shape index (κ1) is 14.8. The zero-order valence-corrected chi connectivity index (χ0v) is 12.2. The monoisotopic (exact) mass is 250 g/mol. The predicted octanol–water partition coefficient (Wildman–Crippen LogP) is 3.82. The van der Waals surface area contributed by atoms with E-state index in [0.717, 1.165) is 18.1 Å². The summed E-state index contributed by atoms with van der Waals surface area (Å²) in [6, 6.07) is 3.86. The average molecular weight is 250 g/mol. The van der Waals surface area contributed by atoms with E-state index in [4.69, 9.17) is 4.74 Å². The number of hydrogen-bond acceptors (Lipinski definition) is 3. The molecule has 3 nitrogen and oxygen atoms in total. The van der Waals surface area contributed by atoms with Gasteiger partial charge in [-0.15, -0.1) is 0 Å². The summed E-state index contributed by atoms with van der Waals surface area (Å²) in [5.74, 6) is 3.66. The van der Waals surface area contributed by atoms with Crippen LogP contribution in [0.1, 0.15) is 34.6 Å². The van der Waals surface area contributed by atoms with Crippen molar-refractivity contribution in [2.75, 3.05) is 18.5 Å². The van der Waals surface area contributed by atoms with E-state index in [1.54, 1.807) is 6.20 Å². The minimum absolute atomic E-state index is 0.640. The van der Waals surface area contributed by atoms with Gasteiger partial charge in [0.25, 0.3) is 0 Å². The maximum Gasteiger partial charge on any atom is 0.168 e. The summed E-state index contributed by atoms with van der Waals surface area (Å²) in [4.78, 5) is 4.35. The summed E-state index contributed by atoms with van der Waals surface area (Å²) < 4.78 is 5.57. The van der Waals surface area contributed by atoms with Crippen LogP contribution in [0, 0.1) is 17.8 Å². The lowest BCUT2D eigenvalue weighted by molar-refractivity contribution is 0.302. The number of aromatic nitrogens is 1. The molecule has 0 saturated heterocycles. The molecule has 0 radical (unpaired) electrons.